The fourth-order valence-corrected chi connectivity index (χ4v) is 5.98. The summed E-state index contributed by atoms with van der Waals surface area (Å²) in [5.41, 5.74) is 6.33. The number of anilines is 2. The molecule has 0 bridgehead atoms. The summed E-state index contributed by atoms with van der Waals surface area (Å²) in [5.74, 6) is -0.815. The number of piperidine rings is 1. The summed E-state index contributed by atoms with van der Waals surface area (Å²) in [4.78, 5) is 21.5. The first-order valence-electron chi connectivity index (χ1n) is 14.2. The standard InChI is InChI=1S/C32H34N6O2/c1-21(2)30-29-27(23-8-10-24(11-9-23)37-16-12-22(20-33)13-17-37)19-28(32(39)40)34-31(29)38(35-30)26-7-5-6-25(18-26)36-14-3-4-15-36/h5-11,18-19,21-22H,3-4,12-17H2,1-2H3,(H,39,40). The molecule has 2 aromatic heterocycles. The topological polar surface area (TPSA) is 98.3 Å². The minimum atomic E-state index is -1.07. The molecule has 0 amide bonds. The van der Waals surface area contributed by atoms with Gasteiger partial charge in [0.25, 0.3) is 0 Å². The highest BCUT2D eigenvalue weighted by atomic mass is 16.4. The summed E-state index contributed by atoms with van der Waals surface area (Å²) in [6.07, 6.45) is 4.13. The van der Waals surface area contributed by atoms with Gasteiger partial charge in [-0.3, -0.25) is 0 Å². The Hall–Kier alpha value is -4.38. The van der Waals surface area contributed by atoms with Crippen LogP contribution in [0.3, 0.4) is 0 Å². The van der Waals surface area contributed by atoms with E-state index in [1.165, 1.54) is 12.8 Å². The molecule has 2 aromatic carbocycles. The number of nitriles is 1. The predicted octanol–water partition coefficient (Wildman–Crippen LogP) is 6.25. The number of aromatic carboxylic acids is 1. The molecule has 4 heterocycles. The molecule has 8 nitrogen and oxygen atoms in total. The van der Waals surface area contributed by atoms with E-state index in [0.29, 0.717) is 5.65 Å². The molecule has 8 heteroatoms. The van der Waals surface area contributed by atoms with Gasteiger partial charge in [0.2, 0.25) is 0 Å². The molecule has 2 aliphatic rings. The maximum Gasteiger partial charge on any atom is 0.354 e. The number of hydrogen-bond acceptors (Lipinski definition) is 6. The quantitative estimate of drug-likeness (QED) is 0.312. The van der Waals surface area contributed by atoms with Crippen molar-refractivity contribution in [2.45, 2.75) is 45.4 Å². The highest BCUT2D eigenvalue weighted by Crippen LogP contribution is 2.37. The molecule has 1 N–H and O–H groups in total. The zero-order valence-electron chi connectivity index (χ0n) is 23.0. The Morgan fingerprint density at radius 3 is 2.27 bits per heavy atom. The van der Waals surface area contributed by atoms with Crippen molar-refractivity contribution in [1.29, 1.82) is 5.26 Å². The Morgan fingerprint density at radius 2 is 1.62 bits per heavy atom. The van der Waals surface area contributed by atoms with Crippen LogP contribution in [0.2, 0.25) is 0 Å². The number of pyridine rings is 1. The minimum Gasteiger partial charge on any atom is -0.477 e. The molecule has 2 aliphatic heterocycles. The van der Waals surface area contributed by atoms with Crippen LogP contribution in [0.15, 0.2) is 54.6 Å². The van der Waals surface area contributed by atoms with E-state index < -0.39 is 5.97 Å². The van der Waals surface area contributed by atoms with Crippen LogP contribution in [0, 0.1) is 17.2 Å². The van der Waals surface area contributed by atoms with Crippen LogP contribution in [0.25, 0.3) is 27.8 Å². The average molecular weight is 535 g/mol. The monoisotopic (exact) mass is 534 g/mol. The number of fused-ring (bicyclic) bond motifs is 1. The Morgan fingerprint density at radius 1 is 0.950 bits per heavy atom. The van der Waals surface area contributed by atoms with E-state index in [-0.39, 0.29) is 17.5 Å². The number of rotatable bonds is 6. The maximum atomic E-state index is 12.2. The second-order valence-corrected chi connectivity index (χ2v) is 11.2. The Balaban J connectivity index is 1.46. The summed E-state index contributed by atoms with van der Waals surface area (Å²) >= 11 is 0. The molecule has 0 spiro atoms. The van der Waals surface area contributed by atoms with Gasteiger partial charge in [0.05, 0.1) is 22.8 Å². The summed E-state index contributed by atoms with van der Waals surface area (Å²) in [5, 5.41) is 25.2. The average Bonchev–Trinajstić information content (AvgIpc) is 3.66. The lowest BCUT2D eigenvalue weighted by atomic mass is 9.96. The molecule has 4 aromatic rings. The largest absolute Gasteiger partial charge is 0.477 e. The van der Waals surface area contributed by atoms with Gasteiger partial charge in [-0.1, -0.05) is 32.0 Å². The summed E-state index contributed by atoms with van der Waals surface area (Å²) < 4.78 is 1.81. The van der Waals surface area contributed by atoms with Crippen LogP contribution >= 0.6 is 0 Å². The molecule has 0 radical (unpaired) electrons. The molecule has 0 aliphatic carbocycles. The van der Waals surface area contributed by atoms with Crippen LogP contribution in [0.1, 0.15) is 61.6 Å². The first-order chi connectivity index (χ1) is 19.4. The van der Waals surface area contributed by atoms with E-state index in [1.54, 1.807) is 6.07 Å². The van der Waals surface area contributed by atoms with Crippen LogP contribution in [0.4, 0.5) is 11.4 Å². The molecule has 0 unspecified atom stereocenters. The molecule has 2 fully saturated rings. The van der Waals surface area contributed by atoms with E-state index in [0.717, 1.165) is 78.3 Å². The summed E-state index contributed by atoms with van der Waals surface area (Å²) in [6, 6.07) is 20.7. The Labute approximate surface area is 234 Å². The van der Waals surface area contributed by atoms with Gasteiger partial charge in [-0.05, 0) is 79.1 Å². The summed E-state index contributed by atoms with van der Waals surface area (Å²) in [6.45, 7) is 8.02. The molecule has 0 saturated carbocycles. The van der Waals surface area contributed by atoms with Crippen LogP contribution in [-0.2, 0) is 0 Å². The van der Waals surface area contributed by atoms with Gasteiger partial charge in [0, 0.05) is 43.5 Å². The van der Waals surface area contributed by atoms with Gasteiger partial charge >= 0.3 is 5.97 Å². The molecular weight excluding hydrogens is 500 g/mol. The lowest BCUT2D eigenvalue weighted by molar-refractivity contribution is 0.0691. The number of hydrogen-bond donors (Lipinski definition) is 1. The Bertz CT molecular complexity index is 1590. The number of aromatic nitrogens is 3. The van der Waals surface area contributed by atoms with Crippen LogP contribution < -0.4 is 9.80 Å². The third-order valence-electron chi connectivity index (χ3n) is 8.20. The lowest BCUT2D eigenvalue weighted by Crippen LogP contribution is -2.33. The van der Waals surface area contributed by atoms with Crippen LogP contribution in [-0.4, -0.2) is 52.0 Å². The number of nitrogens with zero attached hydrogens (tertiary/aromatic N) is 6. The van der Waals surface area contributed by atoms with Crippen molar-refractivity contribution < 1.29 is 9.90 Å². The normalized spacial score (nSPS) is 16.1. The first-order valence-corrected chi connectivity index (χ1v) is 14.2. The SMILES string of the molecule is CC(C)c1nn(-c2cccc(N3CCCC3)c2)c2nc(C(=O)O)cc(-c3ccc(N4CCC(C#N)CC4)cc3)c12. The van der Waals surface area contributed by atoms with E-state index >= 15 is 0 Å². The zero-order valence-corrected chi connectivity index (χ0v) is 23.0. The highest BCUT2D eigenvalue weighted by molar-refractivity contribution is 6.00. The van der Waals surface area contributed by atoms with Gasteiger partial charge in [0.1, 0.15) is 0 Å². The molecule has 0 atom stereocenters. The smallest absolute Gasteiger partial charge is 0.354 e. The second kappa shape index (κ2) is 10.6. The number of benzene rings is 2. The van der Waals surface area contributed by atoms with E-state index in [4.69, 9.17) is 5.10 Å². The minimum absolute atomic E-state index is 0.00249. The number of carboxylic acid groups (broad SMARTS) is 1. The van der Waals surface area contributed by atoms with Crippen molar-refractivity contribution in [3.8, 4) is 22.9 Å². The van der Waals surface area contributed by atoms with Crippen molar-refractivity contribution in [2.75, 3.05) is 36.0 Å². The van der Waals surface area contributed by atoms with Crippen molar-refractivity contribution in [3.63, 3.8) is 0 Å². The van der Waals surface area contributed by atoms with Gasteiger partial charge in [-0.15, -0.1) is 0 Å². The van der Waals surface area contributed by atoms with Crippen molar-refractivity contribution in [2.24, 2.45) is 5.92 Å². The predicted molar refractivity (Wildman–Crippen MR) is 157 cm³/mol. The molecular formula is C32H34N6O2. The third-order valence-corrected chi connectivity index (χ3v) is 8.20. The second-order valence-electron chi connectivity index (χ2n) is 11.2. The molecule has 40 heavy (non-hydrogen) atoms. The molecule has 204 valence electrons. The van der Waals surface area contributed by atoms with Crippen molar-refractivity contribution in [1.82, 2.24) is 14.8 Å². The summed E-state index contributed by atoms with van der Waals surface area (Å²) in [7, 11) is 0. The fourth-order valence-electron chi connectivity index (χ4n) is 5.98. The zero-order chi connectivity index (χ0) is 27.8. The van der Waals surface area contributed by atoms with E-state index in [1.807, 2.05) is 16.8 Å². The number of carbonyl (C=O) groups is 1. The van der Waals surface area contributed by atoms with Crippen molar-refractivity contribution in [3.05, 3.63) is 66.0 Å². The van der Waals surface area contributed by atoms with Gasteiger partial charge in [-0.2, -0.15) is 10.4 Å². The van der Waals surface area contributed by atoms with Gasteiger partial charge < -0.3 is 14.9 Å². The Kier molecular flexibility index (Phi) is 6.89. The van der Waals surface area contributed by atoms with E-state index in [9.17, 15) is 15.2 Å². The van der Waals surface area contributed by atoms with Gasteiger partial charge in [0.15, 0.2) is 11.3 Å². The molecule has 6 rings (SSSR count). The highest BCUT2D eigenvalue weighted by Gasteiger charge is 2.24. The van der Waals surface area contributed by atoms with Crippen LogP contribution in [0.5, 0.6) is 0 Å². The maximum absolute atomic E-state index is 12.2. The number of carboxylic acids is 1. The van der Waals surface area contributed by atoms with Gasteiger partial charge in [-0.25, -0.2) is 14.5 Å². The molecule has 2 saturated heterocycles. The van der Waals surface area contributed by atoms with Crippen molar-refractivity contribution >= 4 is 28.4 Å². The van der Waals surface area contributed by atoms with E-state index in [2.05, 4.69) is 71.1 Å². The lowest BCUT2D eigenvalue weighted by Gasteiger charge is -2.31. The first kappa shape index (κ1) is 25.9. The third kappa shape index (κ3) is 4.77. The fraction of sp³-hybridized carbons (Fsp3) is 0.375.